The predicted molar refractivity (Wildman–Crippen MR) is 153 cm³/mol. The van der Waals surface area contributed by atoms with Crippen molar-refractivity contribution in [3.8, 4) is 22.3 Å². The molecule has 4 nitrogen and oxygen atoms in total. The zero-order chi connectivity index (χ0) is 27.2. The third-order valence-corrected chi connectivity index (χ3v) is 16.4. The minimum atomic E-state index is -5.65. The Bertz CT molecular complexity index is 1660. The van der Waals surface area contributed by atoms with Gasteiger partial charge in [-0.05, 0) is 0 Å². The number of rotatable bonds is 6. The van der Waals surface area contributed by atoms with E-state index in [2.05, 4.69) is 49.6 Å². The Hall–Kier alpha value is -4.12. The molecule has 0 bridgehead atoms. The average molecular weight is 548 g/mol. The summed E-state index contributed by atoms with van der Waals surface area (Å²) < 4.78 is 16.6. The van der Waals surface area contributed by atoms with Crippen molar-refractivity contribution in [2.75, 3.05) is 0 Å². The molecule has 2 aliphatic rings. The summed E-state index contributed by atoms with van der Waals surface area (Å²) >= 11 is -5.65. The standard InChI is InChI=1S/2C13H9.2C3H4O2.C2H4.Ti/c2*1-3-7-12-10(5-1)9-11-6-2-4-8-13(11)12;2*1-2-3(4)5;1-2;/h2*1-5,7-8H,9H2;2*2H,1H2,(H,4,5);1H,2H3;/q;;;;;+2/p-2. The molecule has 0 N–H and O–H groups in total. The van der Waals surface area contributed by atoms with E-state index < -0.39 is 27.6 Å². The topological polar surface area (TPSA) is 52.6 Å². The molecule has 0 unspecified atom stereocenters. The molecule has 0 amide bonds. The second kappa shape index (κ2) is 9.27. The second-order valence-corrected chi connectivity index (χ2v) is 16.8. The van der Waals surface area contributed by atoms with Crippen molar-refractivity contribution in [2.45, 2.75) is 19.8 Å². The van der Waals surface area contributed by atoms with Gasteiger partial charge in [0.15, 0.2) is 0 Å². The number of hydrogen-bond acceptors (Lipinski definition) is 4. The van der Waals surface area contributed by atoms with Gasteiger partial charge < -0.3 is 0 Å². The summed E-state index contributed by atoms with van der Waals surface area (Å²) in [6.07, 6.45) is 3.57. The van der Waals surface area contributed by atoms with Gasteiger partial charge in [-0.15, -0.1) is 0 Å². The number of hydrogen-bond donors (Lipinski definition) is 0. The van der Waals surface area contributed by atoms with Crippen molar-refractivity contribution in [3.63, 3.8) is 0 Å². The van der Waals surface area contributed by atoms with Gasteiger partial charge in [0.05, 0.1) is 0 Å². The van der Waals surface area contributed by atoms with Crippen LogP contribution in [0.5, 0.6) is 0 Å². The van der Waals surface area contributed by atoms with Gasteiger partial charge >= 0.3 is 230 Å². The molecule has 39 heavy (non-hydrogen) atoms. The van der Waals surface area contributed by atoms with Gasteiger partial charge in [-0.1, -0.05) is 0 Å². The molecule has 0 aromatic heterocycles. The molecular formula is C34H28O4Ti. The van der Waals surface area contributed by atoms with E-state index in [9.17, 15) is 9.59 Å². The fourth-order valence-electron chi connectivity index (χ4n) is 6.50. The summed E-state index contributed by atoms with van der Waals surface area (Å²) in [5, 5.41) is 0. The Morgan fingerprint density at radius 1 is 0.641 bits per heavy atom. The predicted octanol–water partition coefficient (Wildman–Crippen LogP) is 5.58. The molecule has 0 spiro atoms. The van der Waals surface area contributed by atoms with Crippen molar-refractivity contribution >= 4 is 24.0 Å². The molecule has 192 valence electrons. The van der Waals surface area contributed by atoms with Crippen LogP contribution < -0.4 is 7.74 Å². The molecule has 0 heterocycles. The Balaban J connectivity index is 1.76. The molecule has 5 heteroatoms. The van der Waals surface area contributed by atoms with Crippen molar-refractivity contribution in [3.05, 3.63) is 132 Å². The third kappa shape index (κ3) is 3.60. The van der Waals surface area contributed by atoms with E-state index in [0.29, 0.717) is 12.8 Å². The van der Waals surface area contributed by atoms with Crippen molar-refractivity contribution in [2.24, 2.45) is 0 Å². The van der Waals surface area contributed by atoms with E-state index in [-0.39, 0.29) is 0 Å². The van der Waals surface area contributed by atoms with Crippen LogP contribution in [0.4, 0.5) is 0 Å². The zero-order valence-corrected chi connectivity index (χ0v) is 23.3. The van der Waals surface area contributed by atoms with Gasteiger partial charge in [0.1, 0.15) is 0 Å². The van der Waals surface area contributed by atoms with Gasteiger partial charge in [-0.3, -0.25) is 0 Å². The van der Waals surface area contributed by atoms with Crippen LogP contribution in [0.3, 0.4) is 0 Å². The van der Waals surface area contributed by atoms with E-state index in [0.717, 1.165) is 53.3 Å². The van der Waals surface area contributed by atoms with Crippen molar-refractivity contribution in [1.82, 2.24) is 0 Å². The number of carbonyl (C=O) groups is 2. The molecule has 0 aliphatic heterocycles. The summed E-state index contributed by atoms with van der Waals surface area (Å²) in [6, 6.07) is 28.5. The van der Waals surface area contributed by atoms with Crippen LogP contribution in [0.15, 0.2) is 110 Å². The molecule has 6 rings (SSSR count). The summed E-state index contributed by atoms with van der Waals surface area (Å²) in [5.41, 5.74) is 8.76. The monoisotopic (exact) mass is 548 g/mol. The van der Waals surface area contributed by atoms with E-state index in [4.69, 9.17) is 6.64 Å². The quantitative estimate of drug-likeness (QED) is 0.202. The Morgan fingerprint density at radius 2 is 1.05 bits per heavy atom. The van der Waals surface area contributed by atoms with Gasteiger partial charge in [0.25, 0.3) is 0 Å². The Kier molecular flexibility index (Phi) is 5.98. The minimum absolute atomic E-state index is 0.636. The second-order valence-electron chi connectivity index (χ2n) is 10.0. The summed E-state index contributed by atoms with van der Waals surface area (Å²) in [6.45, 7) is 9.22. The van der Waals surface area contributed by atoms with Crippen molar-refractivity contribution in [1.29, 1.82) is 0 Å². The molecule has 4 aromatic rings. The number of fused-ring (bicyclic) bond motifs is 6. The van der Waals surface area contributed by atoms with Crippen LogP contribution in [0.1, 0.15) is 29.2 Å². The maximum atomic E-state index is 13.3. The molecule has 0 fully saturated rings. The van der Waals surface area contributed by atoms with E-state index >= 15 is 0 Å². The van der Waals surface area contributed by atoms with E-state index in [1.165, 1.54) is 11.1 Å². The first-order valence-corrected chi connectivity index (χ1v) is 16.8. The fraction of sp³-hybridized carbons (Fsp3) is 0.0882. The van der Waals surface area contributed by atoms with Crippen LogP contribution in [-0.2, 0) is 44.7 Å². The van der Waals surface area contributed by atoms with Crippen LogP contribution >= 0.6 is 0 Å². The van der Waals surface area contributed by atoms with Gasteiger partial charge in [-0.25, -0.2) is 0 Å². The molecule has 0 atom stereocenters. The average Bonchev–Trinajstić information content (AvgIpc) is 3.55. The Morgan fingerprint density at radius 3 is 1.46 bits per heavy atom. The molecular weight excluding hydrogens is 520 g/mol. The van der Waals surface area contributed by atoms with Gasteiger partial charge in [0.2, 0.25) is 0 Å². The van der Waals surface area contributed by atoms with Gasteiger partial charge in [0, 0.05) is 0 Å². The molecule has 0 saturated heterocycles. The van der Waals surface area contributed by atoms with Gasteiger partial charge in [-0.2, -0.15) is 0 Å². The summed E-state index contributed by atoms with van der Waals surface area (Å²) in [7, 11) is 0. The Labute approximate surface area is 229 Å². The number of benzene rings is 4. The fourth-order valence-corrected chi connectivity index (χ4v) is 14.3. The van der Waals surface area contributed by atoms with Crippen LogP contribution in [-0.4, -0.2) is 16.3 Å². The third-order valence-electron chi connectivity index (χ3n) is 8.19. The summed E-state index contributed by atoms with van der Waals surface area (Å²) in [5.74, 6) is -1.27. The first-order chi connectivity index (χ1) is 18.9. The molecule has 2 aliphatic carbocycles. The van der Waals surface area contributed by atoms with E-state index in [1.807, 2.05) is 59.8 Å². The van der Waals surface area contributed by atoms with Crippen LogP contribution in [0, 0.1) is 0 Å². The SMILES string of the molecule is C=CC(=O)[O][Ti](=[CH]C)([O]C(=O)C=C)([c]1cccc2c1Cc1ccccc1-2)[c]1cccc2c1Cc1ccccc1-2. The van der Waals surface area contributed by atoms with Crippen LogP contribution in [0.2, 0.25) is 0 Å². The molecule has 4 aromatic carbocycles. The van der Waals surface area contributed by atoms with Crippen molar-refractivity contribution < 1.29 is 31.8 Å². The van der Waals surface area contributed by atoms with E-state index in [1.54, 1.807) is 0 Å². The molecule has 0 radical (unpaired) electrons. The normalized spacial score (nSPS) is 12.9. The number of carbonyl (C=O) groups excluding carboxylic acids is 2. The first-order valence-electron chi connectivity index (χ1n) is 13.0. The summed E-state index contributed by atoms with van der Waals surface area (Å²) in [4.78, 5) is 26.6. The zero-order valence-electron chi connectivity index (χ0n) is 21.8. The van der Waals surface area contributed by atoms with Crippen LogP contribution in [0.25, 0.3) is 22.3 Å². The maximum absolute atomic E-state index is 13.3. The molecule has 0 saturated carbocycles. The first kappa shape index (κ1) is 25.2.